The maximum atomic E-state index is 11.7. The summed E-state index contributed by atoms with van der Waals surface area (Å²) in [6.45, 7) is 7.20. The minimum atomic E-state index is -0.573. The molecule has 13 heavy (non-hydrogen) atoms. The van der Waals surface area contributed by atoms with E-state index in [9.17, 15) is 4.79 Å². The van der Waals surface area contributed by atoms with Crippen LogP contribution >= 0.6 is 0 Å². The second-order valence-corrected chi connectivity index (χ2v) is 4.06. The third kappa shape index (κ3) is 2.09. The lowest BCUT2D eigenvalue weighted by Crippen LogP contribution is -2.56. The van der Waals surface area contributed by atoms with Crippen LogP contribution in [-0.2, 0) is 9.53 Å². The number of carbonyl (C=O) groups is 1. The molecular formula is C10H19NO2. The number of hydrogen-bond donors (Lipinski definition) is 0. The van der Waals surface area contributed by atoms with Gasteiger partial charge in [-0.1, -0.05) is 0 Å². The highest BCUT2D eigenvalue weighted by Gasteiger charge is 2.40. The Morgan fingerprint density at radius 3 is 2.85 bits per heavy atom. The summed E-state index contributed by atoms with van der Waals surface area (Å²) in [7, 11) is 2.04. The molecule has 1 heterocycles. The highest BCUT2D eigenvalue weighted by atomic mass is 16.5. The average molecular weight is 185 g/mol. The summed E-state index contributed by atoms with van der Waals surface area (Å²) < 4.78 is 5.51. The summed E-state index contributed by atoms with van der Waals surface area (Å²) in [5, 5.41) is 0. The van der Waals surface area contributed by atoms with Gasteiger partial charge in [0, 0.05) is 25.6 Å². The fourth-order valence-electron chi connectivity index (χ4n) is 1.80. The maximum absolute atomic E-state index is 11.7. The van der Waals surface area contributed by atoms with Gasteiger partial charge in [-0.25, -0.2) is 0 Å². The number of likely N-dealkylation sites (N-methyl/N-ethyl adjacent to an activating group) is 1. The topological polar surface area (TPSA) is 29.5 Å². The van der Waals surface area contributed by atoms with Gasteiger partial charge in [0.05, 0.1) is 0 Å². The number of Topliss-reactive ketones (excluding diaryl/α,β-unsaturated/α-hetero) is 1. The van der Waals surface area contributed by atoms with E-state index >= 15 is 0 Å². The lowest BCUT2D eigenvalue weighted by molar-refractivity contribution is -0.152. The lowest BCUT2D eigenvalue weighted by atomic mass is 9.89. The summed E-state index contributed by atoms with van der Waals surface area (Å²) in [6.07, 6.45) is 0.604. The molecule has 1 rings (SSSR count). The van der Waals surface area contributed by atoms with Gasteiger partial charge in [0.25, 0.3) is 0 Å². The van der Waals surface area contributed by atoms with Gasteiger partial charge in [-0.05, 0) is 27.8 Å². The first-order chi connectivity index (χ1) is 5.99. The zero-order chi connectivity index (χ0) is 10.1. The number of ketones is 1. The largest absolute Gasteiger partial charge is 0.366 e. The standard InChI is InChI=1S/C10H19NO2/c1-5-13-10(3)7-11(4)8(2)6-9(10)12/h8H,5-7H2,1-4H3. The van der Waals surface area contributed by atoms with Crippen molar-refractivity contribution in [3.63, 3.8) is 0 Å². The monoisotopic (exact) mass is 185 g/mol. The van der Waals surface area contributed by atoms with Crippen molar-refractivity contribution in [3.8, 4) is 0 Å². The van der Waals surface area contributed by atoms with E-state index < -0.39 is 5.60 Å². The highest BCUT2D eigenvalue weighted by molar-refractivity contribution is 5.88. The second-order valence-electron chi connectivity index (χ2n) is 4.06. The van der Waals surface area contributed by atoms with E-state index in [0.29, 0.717) is 25.6 Å². The average Bonchev–Trinajstić information content (AvgIpc) is 2.02. The minimum Gasteiger partial charge on any atom is -0.366 e. The third-order valence-electron chi connectivity index (χ3n) is 2.84. The Bertz CT molecular complexity index is 205. The fraction of sp³-hybridized carbons (Fsp3) is 0.900. The molecule has 76 valence electrons. The molecule has 0 aliphatic carbocycles. The number of piperidine rings is 1. The quantitative estimate of drug-likeness (QED) is 0.644. The molecule has 2 atom stereocenters. The van der Waals surface area contributed by atoms with Crippen LogP contribution in [-0.4, -0.2) is 42.5 Å². The van der Waals surface area contributed by atoms with Crippen LogP contribution < -0.4 is 0 Å². The first-order valence-corrected chi connectivity index (χ1v) is 4.87. The van der Waals surface area contributed by atoms with Gasteiger partial charge in [-0.2, -0.15) is 0 Å². The Balaban J connectivity index is 2.70. The molecule has 1 saturated heterocycles. The van der Waals surface area contributed by atoms with Crippen molar-refractivity contribution in [1.29, 1.82) is 0 Å². The van der Waals surface area contributed by atoms with E-state index in [1.165, 1.54) is 0 Å². The highest BCUT2D eigenvalue weighted by Crippen LogP contribution is 2.23. The molecule has 1 aliphatic rings. The first kappa shape index (κ1) is 10.7. The molecule has 1 fully saturated rings. The van der Waals surface area contributed by atoms with Crippen molar-refractivity contribution in [2.45, 2.75) is 38.8 Å². The molecule has 2 unspecified atom stereocenters. The summed E-state index contributed by atoms with van der Waals surface area (Å²) in [5.41, 5.74) is -0.573. The van der Waals surface area contributed by atoms with Gasteiger partial charge in [-0.3, -0.25) is 9.69 Å². The molecule has 0 aromatic rings. The van der Waals surface area contributed by atoms with Crippen molar-refractivity contribution < 1.29 is 9.53 Å². The number of nitrogens with zero attached hydrogens (tertiary/aromatic N) is 1. The van der Waals surface area contributed by atoms with E-state index in [2.05, 4.69) is 11.8 Å². The van der Waals surface area contributed by atoms with Crippen molar-refractivity contribution in [1.82, 2.24) is 4.90 Å². The van der Waals surface area contributed by atoms with Gasteiger partial charge in [-0.15, -0.1) is 0 Å². The van der Waals surface area contributed by atoms with Crippen molar-refractivity contribution in [2.24, 2.45) is 0 Å². The van der Waals surface area contributed by atoms with E-state index in [-0.39, 0.29) is 5.78 Å². The fourth-order valence-corrected chi connectivity index (χ4v) is 1.80. The molecule has 3 nitrogen and oxygen atoms in total. The molecule has 0 radical (unpaired) electrons. The SMILES string of the molecule is CCOC1(C)CN(C)C(C)CC1=O. The maximum Gasteiger partial charge on any atom is 0.167 e. The predicted molar refractivity (Wildman–Crippen MR) is 51.7 cm³/mol. The molecular weight excluding hydrogens is 166 g/mol. The number of likely N-dealkylation sites (tertiary alicyclic amines) is 1. The Hall–Kier alpha value is -0.410. The van der Waals surface area contributed by atoms with E-state index in [1.807, 2.05) is 20.9 Å². The number of carbonyl (C=O) groups excluding carboxylic acids is 1. The van der Waals surface area contributed by atoms with Crippen LogP contribution in [0.2, 0.25) is 0 Å². The zero-order valence-corrected chi connectivity index (χ0v) is 8.96. The molecule has 0 aromatic carbocycles. The predicted octanol–water partition coefficient (Wildman–Crippen LogP) is 1.07. The van der Waals surface area contributed by atoms with Crippen LogP contribution in [0.15, 0.2) is 0 Å². The molecule has 0 bridgehead atoms. The summed E-state index contributed by atoms with van der Waals surface area (Å²) in [5.74, 6) is 0.236. The Morgan fingerprint density at radius 2 is 2.31 bits per heavy atom. The van der Waals surface area contributed by atoms with Gasteiger partial charge in [0.1, 0.15) is 5.60 Å². The van der Waals surface area contributed by atoms with Crippen molar-refractivity contribution >= 4 is 5.78 Å². The van der Waals surface area contributed by atoms with Gasteiger partial charge in [0.2, 0.25) is 0 Å². The normalized spacial score (nSPS) is 36.6. The Kier molecular flexibility index (Phi) is 3.09. The van der Waals surface area contributed by atoms with E-state index in [4.69, 9.17) is 4.74 Å². The Labute approximate surface area is 80.1 Å². The van der Waals surface area contributed by atoms with Gasteiger partial charge in [0.15, 0.2) is 5.78 Å². The van der Waals surface area contributed by atoms with Crippen molar-refractivity contribution in [2.75, 3.05) is 20.2 Å². The number of ether oxygens (including phenoxy) is 1. The van der Waals surface area contributed by atoms with Crippen molar-refractivity contribution in [3.05, 3.63) is 0 Å². The minimum absolute atomic E-state index is 0.236. The van der Waals surface area contributed by atoms with Crippen LogP contribution in [0.1, 0.15) is 27.2 Å². The van der Waals surface area contributed by atoms with E-state index in [0.717, 1.165) is 0 Å². The first-order valence-electron chi connectivity index (χ1n) is 4.87. The van der Waals surface area contributed by atoms with Crippen LogP contribution in [0.25, 0.3) is 0 Å². The lowest BCUT2D eigenvalue weighted by Gasteiger charge is -2.40. The van der Waals surface area contributed by atoms with Crippen LogP contribution in [0.5, 0.6) is 0 Å². The van der Waals surface area contributed by atoms with Crippen LogP contribution in [0, 0.1) is 0 Å². The summed E-state index contributed by atoms with van der Waals surface area (Å²) in [4.78, 5) is 13.9. The van der Waals surface area contributed by atoms with Crippen LogP contribution in [0.3, 0.4) is 0 Å². The van der Waals surface area contributed by atoms with Crippen LogP contribution in [0.4, 0.5) is 0 Å². The molecule has 1 aliphatic heterocycles. The van der Waals surface area contributed by atoms with Gasteiger partial charge < -0.3 is 4.74 Å². The molecule has 3 heteroatoms. The molecule has 0 saturated carbocycles. The second kappa shape index (κ2) is 3.76. The Morgan fingerprint density at radius 1 is 1.69 bits per heavy atom. The van der Waals surface area contributed by atoms with Gasteiger partial charge >= 0.3 is 0 Å². The molecule has 0 amide bonds. The number of rotatable bonds is 2. The molecule has 0 N–H and O–H groups in total. The molecule has 0 spiro atoms. The van der Waals surface area contributed by atoms with E-state index in [1.54, 1.807) is 0 Å². The molecule has 0 aromatic heterocycles. The summed E-state index contributed by atoms with van der Waals surface area (Å²) in [6, 6.07) is 0.348. The third-order valence-corrected chi connectivity index (χ3v) is 2.84. The smallest absolute Gasteiger partial charge is 0.167 e. The number of hydrogen-bond acceptors (Lipinski definition) is 3. The zero-order valence-electron chi connectivity index (χ0n) is 8.96. The summed E-state index contributed by atoms with van der Waals surface area (Å²) >= 11 is 0.